The van der Waals surface area contributed by atoms with E-state index in [1.54, 1.807) is 24.3 Å². The van der Waals surface area contributed by atoms with Gasteiger partial charge in [-0.3, -0.25) is 4.79 Å². The number of amidine groups is 1. The summed E-state index contributed by atoms with van der Waals surface area (Å²) in [6.45, 7) is 1.84. The van der Waals surface area contributed by atoms with E-state index in [1.165, 1.54) is 23.9 Å². The van der Waals surface area contributed by atoms with E-state index in [9.17, 15) is 9.18 Å². The lowest BCUT2D eigenvalue weighted by molar-refractivity contribution is -0.118. The summed E-state index contributed by atoms with van der Waals surface area (Å²) in [6, 6.07) is 13.4. The standard InChI is InChI=1S/C18H15ClFN3OS/c1-11(13-4-6-14(19)7-5-13)22-23-18-21-17(24)16(25-18)10-12-2-8-15(20)9-3-12/h2-9,16H,10H2,1H3,(H,21,23,24)/b22-11-. The summed E-state index contributed by atoms with van der Waals surface area (Å²) in [6.07, 6.45) is 0.510. The Bertz CT molecular complexity index is 834. The predicted molar refractivity (Wildman–Crippen MR) is 101 cm³/mol. The molecule has 1 aliphatic heterocycles. The van der Waals surface area contributed by atoms with Gasteiger partial charge in [0.1, 0.15) is 5.82 Å². The van der Waals surface area contributed by atoms with E-state index in [-0.39, 0.29) is 17.0 Å². The molecule has 0 radical (unpaired) electrons. The molecule has 1 N–H and O–H groups in total. The fourth-order valence-electron chi connectivity index (χ4n) is 2.29. The van der Waals surface area contributed by atoms with Crippen molar-refractivity contribution >= 4 is 40.1 Å². The van der Waals surface area contributed by atoms with Crippen LogP contribution >= 0.6 is 23.4 Å². The largest absolute Gasteiger partial charge is 0.303 e. The Morgan fingerprint density at radius 2 is 1.88 bits per heavy atom. The van der Waals surface area contributed by atoms with Crippen LogP contribution in [0.1, 0.15) is 18.1 Å². The molecule has 0 saturated carbocycles. The molecule has 2 aromatic rings. The highest BCUT2D eigenvalue weighted by Gasteiger charge is 2.30. The summed E-state index contributed by atoms with van der Waals surface area (Å²) in [5.74, 6) is -0.408. The summed E-state index contributed by atoms with van der Waals surface area (Å²) in [5.41, 5.74) is 2.53. The van der Waals surface area contributed by atoms with Crippen molar-refractivity contribution in [2.45, 2.75) is 18.6 Å². The maximum atomic E-state index is 13.0. The number of rotatable bonds is 4. The first-order chi connectivity index (χ1) is 12.0. The van der Waals surface area contributed by atoms with Gasteiger partial charge in [0, 0.05) is 5.02 Å². The predicted octanol–water partition coefficient (Wildman–Crippen LogP) is 4.03. The number of carbonyl (C=O) groups is 1. The van der Waals surface area contributed by atoms with Gasteiger partial charge in [-0.25, -0.2) is 4.39 Å². The normalized spacial score (nSPS) is 19.3. The molecule has 0 aromatic heterocycles. The third-order valence-corrected chi connectivity index (χ3v) is 4.99. The quantitative estimate of drug-likeness (QED) is 0.647. The molecule has 0 aliphatic carbocycles. The van der Waals surface area contributed by atoms with Crippen LogP contribution < -0.4 is 5.32 Å². The number of thioether (sulfide) groups is 1. The third-order valence-electron chi connectivity index (χ3n) is 3.66. The first-order valence-electron chi connectivity index (χ1n) is 7.61. The minimum atomic E-state index is -0.296. The third kappa shape index (κ3) is 4.67. The molecule has 0 spiro atoms. The zero-order valence-corrected chi connectivity index (χ0v) is 14.9. The second-order valence-electron chi connectivity index (χ2n) is 5.52. The molecule has 1 saturated heterocycles. The molecular weight excluding hydrogens is 361 g/mol. The van der Waals surface area contributed by atoms with Crippen molar-refractivity contribution in [3.8, 4) is 0 Å². The molecule has 3 rings (SSSR count). The smallest absolute Gasteiger partial charge is 0.239 e. The summed E-state index contributed by atoms with van der Waals surface area (Å²) in [4.78, 5) is 12.1. The van der Waals surface area contributed by atoms with Gasteiger partial charge in [0.2, 0.25) is 5.91 Å². The Balaban J connectivity index is 1.66. The number of halogens is 2. The highest BCUT2D eigenvalue weighted by molar-refractivity contribution is 8.15. The van der Waals surface area contributed by atoms with E-state index in [1.807, 2.05) is 19.1 Å². The van der Waals surface area contributed by atoms with E-state index in [0.717, 1.165) is 16.8 Å². The van der Waals surface area contributed by atoms with Crippen molar-refractivity contribution in [3.05, 3.63) is 70.5 Å². The van der Waals surface area contributed by atoms with Crippen molar-refractivity contribution in [1.29, 1.82) is 0 Å². The Kier molecular flexibility index (Phi) is 5.50. The van der Waals surface area contributed by atoms with E-state index >= 15 is 0 Å². The molecule has 1 aliphatic rings. The van der Waals surface area contributed by atoms with E-state index in [2.05, 4.69) is 15.5 Å². The van der Waals surface area contributed by atoms with Crippen LogP contribution in [0.5, 0.6) is 0 Å². The van der Waals surface area contributed by atoms with E-state index in [4.69, 9.17) is 11.6 Å². The van der Waals surface area contributed by atoms with Gasteiger partial charge in [-0.15, -0.1) is 5.10 Å². The van der Waals surface area contributed by atoms with Gasteiger partial charge in [-0.2, -0.15) is 5.10 Å². The number of carbonyl (C=O) groups excluding carboxylic acids is 1. The minimum absolute atomic E-state index is 0.118. The average molecular weight is 376 g/mol. The topological polar surface area (TPSA) is 53.8 Å². The molecule has 2 aromatic carbocycles. The maximum absolute atomic E-state index is 13.0. The Hall–Kier alpha value is -2.18. The first kappa shape index (κ1) is 17.6. The monoisotopic (exact) mass is 375 g/mol. The molecule has 1 unspecified atom stereocenters. The van der Waals surface area contributed by atoms with E-state index < -0.39 is 0 Å². The van der Waals surface area contributed by atoms with Crippen molar-refractivity contribution in [2.75, 3.05) is 0 Å². The molecule has 1 amide bonds. The van der Waals surface area contributed by atoms with Crippen LogP contribution in [0.4, 0.5) is 4.39 Å². The van der Waals surface area contributed by atoms with Crippen molar-refractivity contribution in [2.24, 2.45) is 10.2 Å². The summed E-state index contributed by atoms with van der Waals surface area (Å²) < 4.78 is 13.0. The van der Waals surface area contributed by atoms with Crippen LogP contribution in [0.15, 0.2) is 58.7 Å². The van der Waals surface area contributed by atoms with Crippen LogP contribution in [-0.4, -0.2) is 22.0 Å². The number of nitrogens with one attached hydrogen (secondary N) is 1. The van der Waals surface area contributed by atoms with Crippen LogP contribution in [0, 0.1) is 5.82 Å². The van der Waals surface area contributed by atoms with Crippen LogP contribution in [-0.2, 0) is 11.2 Å². The molecule has 1 heterocycles. The molecular formula is C18H15ClFN3OS. The number of hydrogen-bond donors (Lipinski definition) is 1. The summed E-state index contributed by atoms with van der Waals surface area (Å²) in [7, 11) is 0. The van der Waals surface area contributed by atoms with Gasteiger partial charge in [0.25, 0.3) is 0 Å². The molecule has 128 valence electrons. The minimum Gasteiger partial charge on any atom is -0.303 e. The average Bonchev–Trinajstić information content (AvgIpc) is 2.95. The Labute approximate surface area is 154 Å². The number of nitrogens with zero attached hydrogens (tertiary/aromatic N) is 2. The molecule has 1 fully saturated rings. The molecule has 1 atom stereocenters. The van der Waals surface area contributed by atoms with Gasteiger partial charge in [-0.05, 0) is 48.7 Å². The molecule has 7 heteroatoms. The highest BCUT2D eigenvalue weighted by Crippen LogP contribution is 2.23. The van der Waals surface area contributed by atoms with Crippen molar-refractivity contribution < 1.29 is 9.18 Å². The Morgan fingerprint density at radius 1 is 1.20 bits per heavy atom. The summed E-state index contributed by atoms with van der Waals surface area (Å²) in [5, 5.41) is 11.8. The van der Waals surface area contributed by atoms with Crippen molar-refractivity contribution in [3.63, 3.8) is 0 Å². The van der Waals surface area contributed by atoms with Crippen LogP contribution in [0.25, 0.3) is 0 Å². The van der Waals surface area contributed by atoms with Gasteiger partial charge in [0.15, 0.2) is 5.17 Å². The highest BCUT2D eigenvalue weighted by atomic mass is 35.5. The second kappa shape index (κ2) is 7.80. The molecule has 4 nitrogen and oxygen atoms in total. The van der Waals surface area contributed by atoms with Crippen LogP contribution in [0.2, 0.25) is 5.02 Å². The summed E-state index contributed by atoms with van der Waals surface area (Å²) >= 11 is 7.19. The zero-order chi connectivity index (χ0) is 17.8. The first-order valence-corrected chi connectivity index (χ1v) is 8.87. The number of benzene rings is 2. The SMILES string of the molecule is C/C(=N/N=C1\NC(=O)C(Cc2ccc(F)cc2)S1)c1ccc(Cl)cc1. The van der Waals surface area contributed by atoms with Gasteiger partial charge >= 0.3 is 0 Å². The van der Waals surface area contributed by atoms with Crippen molar-refractivity contribution in [1.82, 2.24) is 5.32 Å². The number of hydrogen-bond acceptors (Lipinski definition) is 4. The van der Waals surface area contributed by atoms with Gasteiger partial charge in [0.05, 0.1) is 11.0 Å². The lowest BCUT2D eigenvalue weighted by Gasteiger charge is -2.04. The van der Waals surface area contributed by atoms with Gasteiger partial charge in [-0.1, -0.05) is 47.6 Å². The fourth-order valence-corrected chi connectivity index (χ4v) is 3.38. The number of amides is 1. The molecule has 0 bridgehead atoms. The Morgan fingerprint density at radius 3 is 2.56 bits per heavy atom. The lowest BCUT2D eigenvalue weighted by atomic mass is 10.1. The lowest BCUT2D eigenvalue weighted by Crippen LogP contribution is -2.26. The fraction of sp³-hybridized carbons (Fsp3) is 0.167. The zero-order valence-electron chi connectivity index (χ0n) is 13.4. The second-order valence-corrected chi connectivity index (χ2v) is 7.15. The maximum Gasteiger partial charge on any atom is 0.239 e. The molecule has 25 heavy (non-hydrogen) atoms. The van der Waals surface area contributed by atoms with E-state index in [0.29, 0.717) is 16.6 Å². The van der Waals surface area contributed by atoms with Crippen LogP contribution in [0.3, 0.4) is 0 Å². The van der Waals surface area contributed by atoms with Gasteiger partial charge < -0.3 is 5.32 Å².